The Morgan fingerprint density at radius 1 is 1.24 bits per heavy atom. The average molecular weight is 468 g/mol. The van der Waals surface area contributed by atoms with Gasteiger partial charge in [-0.15, -0.1) is 0 Å². The lowest BCUT2D eigenvalue weighted by atomic mass is 10.2. The van der Waals surface area contributed by atoms with Gasteiger partial charge in [-0.1, -0.05) is 17.7 Å². The van der Waals surface area contributed by atoms with E-state index in [-0.39, 0.29) is 11.4 Å². The molecule has 1 fully saturated rings. The normalized spacial score (nSPS) is 15.9. The molecule has 1 aromatic carbocycles. The van der Waals surface area contributed by atoms with Gasteiger partial charge in [0, 0.05) is 11.8 Å². The fraction of sp³-hybridized carbons (Fsp3) is 0.118. The fourth-order valence-corrected chi connectivity index (χ4v) is 3.40. The van der Waals surface area contributed by atoms with Crippen LogP contribution in [-0.4, -0.2) is 28.5 Å². The largest absolute Gasteiger partial charge is 0.451 e. The highest BCUT2D eigenvalue weighted by Crippen LogP contribution is 2.32. The number of thioether (sulfide) groups is 1. The van der Waals surface area contributed by atoms with Crippen LogP contribution in [0.4, 0.5) is 10.5 Å². The second kappa shape index (κ2) is 7.44. The number of rotatable bonds is 4. The highest BCUT2D eigenvalue weighted by atomic mass is 127. The van der Waals surface area contributed by atoms with Crippen LogP contribution in [0.3, 0.4) is 0 Å². The highest BCUT2D eigenvalue weighted by molar-refractivity contribution is 14.1. The number of imide groups is 1. The van der Waals surface area contributed by atoms with Gasteiger partial charge in [-0.05, 0) is 65.5 Å². The summed E-state index contributed by atoms with van der Waals surface area (Å²) in [7, 11) is 0. The number of amides is 3. The van der Waals surface area contributed by atoms with Gasteiger partial charge in [-0.3, -0.25) is 19.3 Å². The molecule has 2 heterocycles. The zero-order valence-corrected chi connectivity index (χ0v) is 16.1. The zero-order valence-electron chi connectivity index (χ0n) is 13.1. The van der Waals surface area contributed by atoms with Gasteiger partial charge in [0.2, 0.25) is 5.91 Å². The van der Waals surface area contributed by atoms with Crippen molar-refractivity contribution in [1.29, 1.82) is 0 Å². The predicted octanol–water partition coefficient (Wildman–Crippen LogP) is 3.87. The zero-order chi connectivity index (χ0) is 18.0. The lowest BCUT2D eigenvalue weighted by molar-refractivity contribution is -0.127. The van der Waals surface area contributed by atoms with Crippen LogP contribution in [0, 0.1) is 10.7 Å². The topological polar surface area (TPSA) is 79.6 Å². The maximum Gasteiger partial charge on any atom is 0.294 e. The van der Waals surface area contributed by atoms with Gasteiger partial charge in [0.05, 0.1) is 4.91 Å². The summed E-state index contributed by atoms with van der Waals surface area (Å²) in [6.45, 7) is 1.61. The molecule has 0 spiro atoms. The van der Waals surface area contributed by atoms with E-state index in [1.54, 1.807) is 24.3 Å². The van der Waals surface area contributed by atoms with Crippen molar-refractivity contribution >= 4 is 63.2 Å². The number of nitrogens with one attached hydrogen (secondary N) is 1. The van der Waals surface area contributed by atoms with E-state index in [0.29, 0.717) is 15.2 Å². The van der Waals surface area contributed by atoms with Crippen molar-refractivity contribution in [2.24, 2.45) is 0 Å². The first-order valence-electron chi connectivity index (χ1n) is 7.29. The Morgan fingerprint density at radius 2 is 1.96 bits per heavy atom. The summed E-state index contributed by atoms with van der Waals surface area (Å²) in [4.78, 5) is 37.7. The summed E-state index contributed by atoms with van der Waals surface area (Å²) in [5.41, 5.74) is 1.69. The molecule has 0 bridgehead atoms. The lowest BCUT2D eigenvalue weighted by Gasteiger charge is -2.12. The van der Waals surface area contributed by atoms with Gasteiger partial charge < -0.3 is 9.73 Å². The fourth-order valence-electron chi connectivity index (χ4n) is 2.15. The quantitative estimate of drug-likeness (QED) is 0.545. The van der Waals surface area contributed by atoms with E-state index in [1.165, 1.54) is 6.08 Å². The number of benzene rings is 1. The van der Waals surface area contributed by atoms with E-state index in [0.717, 1.165) is 22.2 Å². The first-order valence-corrected chi connectivity index (χ1v) is 9.19. The van der Waals surface area contributed by atoms with Gasteiger partial charge in [-0.25, -0.2) is 0 Å². The Labute approximate surface area is 161 Å². The molecule has 1 N–H and O–H groups in total. The van der Waals surface area contributed by atoms with Crippen LogP contribution in [0.25, 0.3) is 6.08 Å². The Hall–Kier alpha value is -2.07. The minimum absolute atomic E-state index is 0.235. The van der Waals surface area contributed by atoms with Crippen LogP contribution in [0.5, 0.6) is 0 Å². The summed E-state index contributed by atoms with van der Waals surface area (Å²) >= 11 is 2.80. The van der Waals surface area contributed by atoms with Crippen molar-refractivity contribution in [2.45, 2.75) is 6.92 Å². The number of aryl methyl sites for hydroxylation is 1. The second-order valence-corrected chi connectivity index (χ2v) is 7.38. The standard InChI is InChI=1S/C17H13IN2O4S/c1-10-2-4-11(5-3-10)19-15(21)9-20-16(22)13(25-17(20)23)8-12-6-7-14(18)24-12/h2-8H,9H2,1H3,(H,19,21). The van der Waals surface area contributed by atoms with Crippen LogP contribution in [-0.2, 0) is 9.59 Å². The SMILES string of the molecule is Cc1ccc(NC(=O)CN2C(=O)SC(=Cc3ccc(I)o3)C2=O)cc1. The van der Waals surface area contributed by atoms with Crippen LogP contribution in [0.15, 0.2) is 45.7 Å². The third-order valence-corrected chi connectivity index (χ3v) is 4.87. The third-order valence-electron chi connectivity index (χ3n) is 3.38. The molecule has 2 aromatic rings. The van der Waals surface area contributed by atoms with Crippen molar-refractivity contribution < 1.29 is 18.8 Å². The molecule has 1 aromatic heterocycles. The minimum atomic E-state index is -0.500. The number of carbonyl (C=O) groups is 3. The molecule has 3 amide bonds. The summed E-state index contributed by atoms with van der Waals surface area (Å²) in [6.07, 6.45) is 1.50. The van der Waals surface area contributed by atoms with E-state index in [2.05, 4.69) is 5.32 Å². The molecule has 25 heavy (non-hydrogen) atoms. The van der Waals surface area contributed by atoms with Gasteiger partial charge in [0.1, 0.15) is 12.3 Å². The van der Waals surface area contributed by atoms with Crippen LogP contribution in [0.2, 0.25) is 0 Å². The Bertz CT molecular complexity index is 873. The molecule has 0 unspecified atom stereocenters. The molecule has 0 aliphatic carbocycles. The lowest BCUT2D eigenvalue weighted by Crippen LogP contribution is -2.36. The van der Waals surface area contributed by atoms with Gasteiger partial charge in [0.25, 0.3) is 11.1 Å². The average Bonchev–Trinajstić information content (AvgIpc) is 3.08. The van der Waals surface area contributed by atoms with Crippen molar-refractivity contribution in [3.8, 4) is 0 Å². The number of nitrogens with zero attached hydrogens (tertiary/aromatic N) is 1. The van der Waals surface area contributed by atoms with Crippen molar-refractivity contribution in [3.05, 3.63) is 56.4 Å². The Kier molecular flexibility index (Phi) is 5.28. The number of anilines is 1. The summed E-state index contributed by atoms with van der Waals surface area (Å²) in [6, 6.07) is 10.7. The third kappa shape index (κ3) is 4.31. The van der Waals surface area contributed by atoms with Gasteiger partial charge in [-0.2, -0.15) is 0 Å². The molecule has 0 saturated carbocycles. The van der Waals surface area contributed by atoms with Crippen molar-refractivity contribution in [2.75, 3.05) is 11.9 Å². The molecule has 3 rings (SSSR count). The summed E-state index contributed by atoms with van der Waals surface area (Å²) in [5, 5.41) is 2.20. The molecule has 8 heteroatoms. The molecule has 0 radical (unpaired) electrons. The molecular formula is C17H13IN2O4S. The molecule has 0 atom stereocenters. The monoisotopic (exact) mass is 468 g/mol. The molecule has 1 saturated heterocycles. The number of hydrogen-bond acceptors (Lipinski definition) is 5. The summed E-state index contributed by atoms with van der Waals surface area (Å²) in [5.74, 6) is -0.445. The number of furan rings is 1. The van der Waals surface area contributed by atoms with Crippen LogP contribution < -0.4 is 5.32 Å². The Morgan fingerprint density at radius 3 is 2.60 bits per heavy atom. The maximum absolute atomic E-state index is 12.4. The second-order valence-electron chi connectivity index (χ2n) is 5.32. The number of halogens is 1. The predicted molar refractivity (Wildman–Crippen MR) is 104 cm³/mol. The van der Waals surface area contributed by atoms with Crippen LogP contribution >= 0.6 is 34.4 Å². The first kappa shape index (κ1) is 17.7. The molecular weight excluding hydrogens is 455 g/mol. The van der Waals surface area contributed by atoms with E-state index >= 15 is 0 Å². The van der Waals surface area contributed by atoms with Gasteiger partial charge in [0.15, 0.2) is 3.77 Å². The van der Waals surface area contributed by atoms with Crippen molar-refractivity contribution in [1.82, 2.24) is 4.90 Å². The Balaban J connectivity index is 1.67. The summed E-state index contributed by atoms with van der Waals surface area (Å²) < 4.78 is 6.05. The van der Waals surface area contributed by atoms with Crippen LogP contribution in [0.1, 0.15) is 11.3 Å². The van der Waals surface area contributed by atoms with Gasteiger partial charge >= 0.3 is 0 Å². The van der Waals surface area contributed by atoms with E-state index in [4.69, 9.17) is 4.42 Å². The van der Waals surface area contributed by atoms with Crippen molar-refractivity contribution in [3.63, 3.8) is 0 Å². The number of hydrogen-bond donors (Lipinski definition) is 1. The van der Waals surface area contributed by atoms with E-state index in [1.807, 2.05) is 41.6 Å². The minimum Gasteiger partial charge on any atom is -0.451 e. The number of carbonyl (C=O) groups excluding carboxylic acids is 3. The first-order chi connectivity index (χ1) is 11.9. The van der Waals surface area contributed by atoms with E-state index < -0.39 is 17.1 Å². The molecule has 1 aliphatic rings. The highest BCUT2D eigenvalue weighted by Gasteiger charge is 2.36. The molecule has 128 valence electrons. The maximum atomic E-state index is 12.4. The van der Waals surface area contributed by atoms with E-state index in [9.17, 15) is 14.4 Å². The smallest absolute Gasteiger partial charge is 0.294 e. The molecule has 6 nitrogen and oxygen atoms in total. The molecule has 1 aliphatic heterocycles.